The molecule has 74 valence electrons. The van der Waals surface area contributed by atoms with E-state index in [9.17, 15) is 0 Å². The van der Waals surface area contributed by atoms with E-state index >= 15 is 0 Å². The van der Waals surface area contributed by atoms with Crippen LogP contribution in [-0.4, -0.2) is 18.1 Å². The van der Waals surface area contributed by atoms with Crippen molar-refractivity contribution in [3.63, 3.8) is 0 Å². The molecule has 0 aromatic carbocycles. The van der Waals surface area contributed by atoms with Gasteiger partial charge < -0.3 is 4.74 Å². The Balaban J connectivity index is 3.01. The predicted octanol–water partition coefficient (Wildman–Crippen LogP) is 3.60. The number of hydrogen-bond donors (Lipinski definition) is 0. The Morgan fingerprint density at radius 1 is 1.17 bits per heavy atom. The van der Waals surface area contributed by atoms with Crippen LogP contribution in [0.25, 0.3) is 0 Å². The lowest BCUT2D eigenvalue weighted by atomic mass is 10.1. The molecule has 0 bridgehead atoms. The van der Waals surface area contributed by atoms with Gasteiger partial charge in [0.1, 0.15) is 0 Å². The Bertz CT molecular complexity index is 96.5. The van der Waals surface area contributed by atoms with Crippen LogP contribution < -0.4 is 0 Å². The second-order valence-corrected chi connectivity index (χ2v) is 4.81. The van der Waals surface area contributed by atoms with Crippen LogP contribution in [0.5, 0.6) is 0 Å². The van der Waals surface area contributed by atoms with E-state index in [1.165, 1.54) is 19.3 Å². The van der Waals surface area contributed by atoms with Crippen LogP contribution in [0.4, 0.5) is 0 Å². The minimum absolute atomic E-state index is 0.106. The van der Waals surface area contributed by atoms with Crippen LogP contribution in [0.3, 0.4) is 0 Å². The van der Waals surface area contributed by atoms with Gasteiger partial charge in [-0.2, -0.15) is 0 Å². The van der Waals surface area contributed by atoms with Crippen molar-refractivity contribution in [2.75, 3.05) is 13.2 Å². The molecule has 0 saturated heterocycles. The molecule has 0 saturated carbocycles. The third-order valence-electron chi connectivity index (χ3n) is 1.73. The molecule has 0 fully saturated rings. The van der Waals surface area contributed by atoms with Gasteiger partial charge in [0, 0.05) is 18.1 Å². The number of hydrogen-bond acceptors (Lipinski definition) is 1. The summed E-state index contributed by atoms with van der Waals surface area (Å²) in [6.07, 6.45) is 4.63. The van der Waals surface area contributed by atoms with Crippen LogP contribution in [0, 0.1) is 0 Å². The third kappa shape index (κ3) is 10.2. The van der Waals surface area contributed by atoms with Crippen LogP contribution in [0.2, 0.25) is 0 Å². The standard InChI is InChI=1S/C10H21ClO/c1-4-5-6-8-12-9-7-10(2,3)11/h4-9H2,1-3H3. The molecule has 0 aliphatic carbocycles. The molecule has 0 aliphatic rings. The zero-order valence-electron chi connectivity index (χ0n) is 8.53. The monoisotopic (exact) mass is 192 g/mol. The summed E-state index contributed by atoms with van der Waals surface area (Å²) in [4.78, 5) is -0.106. The molecule has 0 unspecified atom stereocenters. The molecule has 2 heteroatoms. The Morgan fingerprint density at radius 2 is 1.83 bits per heavy atom. The SMILES string of the molecule is CCCCCOCCC(C)(C)Cl. The van der Waals surface area contributed by atoms with E-state index in [1.807, 2.05) is 13.8 Å². The van der Waals surface area contributed by atoms with Gasteiger partial charge in [0.15, 0.2) is 0 Å². The average molecular weight is 193 g/mol. The summed E-state index contributed by atoms with van der Waals surface area (Å²) in [5.74, 6) is 0. The molecule has 0 radical (unpaired) electrons. The van der Waals surface area contributed by atoms with E-state index in [4.69, 9.17) is 16.3 Å². The normalized spacial score (nSPS) is 12.0. The lowest BCUT2D eigenvalue weighted by molar-refractivity contribution is 0.122. The summed E-state index contributed by atoms with van der Waals surface area (Å²) in [5.41, 5.74) is 0. The van der Waals surface area contributed by atoms with Gasteiger partial charge in [0.25, 0.3) is 0 Å². The summed E-state index contributed by atoms with van der Waals surface area (Å²) in [7, 11) is 0. The smallest absolute Gasteiger partial charge is 0.0482 e. The summed E-state index contributed by atoms with van der Waals surface area (Å²) < 4.78 is 5.43. The maximum Gasteiger partial charge on any atom is 0.0482 e. The van der Waals surface area contributed by atoms with Crippen LogP contribution >= 0.6 is 11.6 Å². The molecule has 1 nitrogen and oxygen atoms in total. The fourth-order valence-electron chi connectivity index (χ4n) is 0.871. The van der Waals surface area contributed by atoms with Gasteiger partial charge in [-0.1, -0.05) is 19.8 Å². The number of halogens is 1. The van der Waals surface area contributed by atoms with Gasteiger partial charge in [0.2, 0.25) is 0 Å². The van der Waals surface area contributed by atoms with E-state index < -0.39 is 0 Å². The van der Waals surface area contributed by atoms with Gasteiger partial charge in [0.05, 0.1) is 0 Å². The number of unbranched alkanes of at least 4 members (excludes halogenated alkanes) is 2. The topological polar surface area (TPSA) is 9.23 Å². The molecule has 12 heavy (non-hydrogen) atoms. The van der Waals surface area contributed by atoms with Gasteiger partial charge in [-0.3, -0.25) is 0 Å². The highest BCUT2D eigenvalue weighted by atomic mass is 35.5. The third-order valence-corrected chi connectivity index (χ3v) is 1.92. The first kappa shape index (κ1) is 12.2. The lowest BCUT2D eigenvalue weighted by Crippen LogP contribution is -2.13. The van der Waals surface area contributed by atoms with E-state index in [1.54, 1.807) is 0 Å². The lowest BCUT2D eigenvalue weighted by Gasteiger charge is -2.14. The number of ether oxygens (including phenoxy) is 1. The molecule has 0 atom stereocenters. The van der Waals surface area contributed by atoms with Crippen LogP contribution in [0.15, 0.2) is 0 Å². The van der Waals surface area contributed by atoms with Crippen molar-refractivity contribution >= 4 is 11.6 Å². The van der Waals surface area contributed by atoms with Gasteiger partial charge >= 0.3 is 0 Å². The highest BCUT2D eigenvalue weighted by molar-refractivity contribution is 6.23. The van der Waals surface area contributed by atoms with E-state index in [0.717, 1.165) is 19.6 Å². The van der Waals surface area contributed by atoms with Crippen molar-refractivity contribution in [1.29, 1.82) is 0 Å². The first-order valence-corrected chi connectivity index (χ1v) is 5.20. The zero-order chi connectivity index (χ0) is 9.45. The van der Waals surface area contributed by atoms with E-state index in [-0.39, 0.29) is 4.87 Å². The number of alkyl halides is 1. The summed E-state index contributed by atoms with van der Waals surface area (Å²) in [6.45, 7) is 7.91. The summed E-state index contributed by atoms with van der Waals surface area (Å²) >= 11 is 5.99. The molecule has 0 spiro atoms. The Kier molecular flexibility index (Phi) is 6.87. The molecular formula is C10H21ClO. The molecule has 0 aliphatic heterocycles. The molecule has 0 amide bonds. The van der Waals surface area contributed by atoms with Crippen molar-refractivity contribution in [2.24, 2.45) is 0 Å². The zero-order valence-corrected chi connectivity index (χ0v) is 9.28. The van der Waals surface area contributed by atoms with Crippen molar-refractivity contribution in [3.05, 3.63) is 0 Å². The molecule has 0 aromatic rings. The van der Waals surface area contributed by atoms with Crippen molar-refractivity contribution in [3.8, 4) is 0 Å². The average Bonchev–Trinajstić information content (AvgIpc) is 1.94. The highest BCUT2D eigenvalue weighted by Gasteiger charge is 2.11. The summed E-state index contributed by atoms with van der Waals surface area (Å²) in [6, 6.07) is 0. The molecule has 0 rings (SSSR count). The van der Waals surface area contributed by atoms with E-state index in [0.29, 0.717) is 0 Å². The highest BCUT2D eigenvalue weighted by Crippen LogP contribution is 2.16. The van der Waals surface area contributed by atoms with Crippen LogP contribution in [-0.2, 0) is 4.74 Å². The fraction of sp³-hybridized carbons (Fsp3) is 1.00. The first-order chi connectivity index (χ1) is 5.56. The molecular weight excluding hydrogens is 172 g/mol. The molecule has 0 heterocycles. The van der Waals surface area contributed by atoms with Gasteiger partial charge in [-0.25, -0.2) is 0 Å². The second kappa shape index (κ2) is 6.73. The van der Waals surface area contributed by atoms with E-state index in [2.05, 4.69) is 6.92 Å². The quantitative estimate of drug-likeness (QED) is 0.443. The predicted molar refractivity (Wildman–Crippen MR) is 54.9 cm³/mol. The fourth-order valence-corrected chi connectivity index (χ4v) is 0.948. The molecule has 0 N–H and O–H groups in total. The maximum atomic E-state index is 5.99. The van der Waals surface area contributed by atoms with Gasteiger partial charge in [-0.05, 0) is 26.7 Å². The van der Waals surface area contributed by atoms with Crippen molar-refractivity contribution in [1.82, 2.24) is 0 Å². The van der Waals surface area contributed by atoms with Crippen molar-refractivity contribution < 1.29 is 4.74 Å². The number of rotatable bonds is 7. The Morgan fingerprint density at radius 3 is 2.33 bits per heavy atom. The van der Waals surface area contributed by atoms with Crippen molar-refractivity contribution in [2.45, 2.75) is 51.3 Å². The molecule has 0 aromatic heterocycles. The Hall–Kier alpha value is 0.250. The Labute approximate surface area is 81.4 Å². The second-order valence-electron chi connectivity index (χ2n) is 3.79. The van der Waals surface area contributed by atoms with Crippen LogP contribution in [0.1, 0.15) is 46.5 Å². The first-order valence-electron chi connectivity index (χ1n) is 4.83. The largest absolute Gasteiger partial charge is 0.381 e. The maximum absolute atomic E-state index is 5.99. The van der Waals surface area contributed by atoms with Gasteiger partial charge in [-0.15, -0.1) is 11.6 Å². The minimum Gasteiger partial charge on any atom is -0.381 e. The summed E-state index contributed by atoms with van der Waals surface area (Å²) in [5, 5.41) is 0. The minimum atomic E-state index is -0.106.